The van der Waals surface area contributed by atoms with E-state index >= 15 is 0 Å². The van der Waals surface area contributed by atoms with Crippen molar-refractivity contribution in [1.82, 2.24) is 0 Å². The van der Waals surface area contributed by atoms with Crippen molar-refractivity contribution >= 4 is 11.6 Å². The van der Waals surface area contributed by atoms with Gasteiger partial charge in [0.25, 0.3) is 5.91 Å². The van der Waals surface area contributed by atoms with Gasteiger partial charge in [-0.2, -0.15) is 0 Å². The van der Waals surface area contributed by atoms with Gasteiger partial charge in [0.15, 0.2) is 0 Å². The number of carbonyl (C=O) groups is 1. The molecule has 0 bridgehead atoms. The summed E-state index contributed by atoms with van der Waals surface area (Å²) in [5.74, 6) is 0.852. The van der Waals surface area contributed by atoms with Crippen LogP contribution in [0.4, 0.5) is 5.69 Å². The second kappa shape index (κ2) is 6.24. The first-order chi connectivity index (χ1) is 11.8. The van der Waals surface area contributed by atoms with Gasteiger partial charge in [-0.25, -0.2) is 0 Å². The summed E-state index contributed by atoms with van der Waals surface area (Å²) < 4.78 is 10.7. The van der Waals surface area contributed by atoms with E-state index in [-0.39, 0.29) is 5.91 Å². The van der Waals surface area contributed by atoms with Gasteiger partial charge < -0.3 is 14.1 Å². The number of anilines is 1. The van der Waals surface area contributed by atoms with E-state index in [1.807, 2.05) is 54.6 Å². The topological polar surface area (TPSA) is 42.7 Å². The van der Waals surface area contributed by atoms with Crippen molar-refractivity contribution < 1.29 is 13.9 Å². The summed E-state index contributed by atoms with van der Waals surface area (Å²) in [6.07, 6.45) is 4.14. The minimum Gasteiger partial charge on any atom is -0.493 e. The van der Waals surface area contributed by atoms with Crippen molar-refractivity contribution in [3.63, 3.8) is 0 Å². The number of hydrogen-bond donors (Lipinski definition) is 0. The fourth-order valence-electron chi connectivity index (χ4n) is 2.93. The van der Waals surface area contributed by atoms with E-state index in [0.29, 0.717) is 18.7 Å². The van der Waals surface area contributed by atoms with Crippen molar-refractivity contribution in [2.24, 2.45) is 0 Å². The quantitative estimate of drug-likeness (QED) is 0.728. The van der Waals surface area contributed by atoms with Gasteiger partial charge in [0.2, 0.25) is 0 Å². The molecular formula is C20H17NO3. The van der Waals surface area contributed by atoms with Crippen LogP contribution < -0.4 is 9.64 Å². The van der Waals surface area contributed by atoms with Crippen LogP contribution in [0.15, 0.2) is 71.5 Å². The highest BCUT2D eigenvalue weighted by Gasteiger charge is 2.21. The summed E-state index contributed by atoms with van der Waals surface area (Å²) in [6, 6.07) is 17.2. The number of fused-ring (bicyclic) bond motifs is 1. The zero-order chi connectivity index (χ0) is 16.4. The smallest absolute Gasteiger partial charge is 0.258 e. The molecule has 1 aliphatic rings. The minimum absolute atomic E-state index is 0.0305. The maximum Gasteiger partial charge on any atom is 0.258 e. The Kier molecular flexibility index (Phi) is 3.79. The minimum atomic E-state index is -0.0305. The van der Waals surface area contributed by atoms with Gasteiger partial charge in [0.1, 0.15) is 5.75 Å². The van der Waals surface area contributed by atoms with Crippen LogP contribution in [0.2, 0.25) is 0 Å². The van der Waals surface area contributed by atoms with Gasteiger partial charge in [-0.1, -0.05) is 18.2 Å². The van der Waals surface area contributed by atoms with Crippen molar-refractivity contribution in [2.75, 3.05) is 11.5 Å². The van der Waals surface area contributed by atoms with Crippen LogP contribution in [0.25, 0.3) is 0 Å². The summed E-state index contributed by atoms with van der Waals surface area (Å²) in [7, 11) is 0. The lowest BCUT2D eigenvalue weighted by molar-refractivity contribution is 0.0985. The number of para-hydroxylation sites is 1. The highest BCUT2D eigenvalue weighted by Crippen LogP contribution is 2.27. The van der Waals surface area contributed by atoms with Crippen LogP contribution in [0, 0.1) is 0 Å². The molecule has 0 unspecified atom stereocenters. The van der Waals surface area contributed by atoms with Crippen LogP contribution in [0.1, 0.15) is 21.5 Å². The molecule has 0 spiro atoms. The van der Waals surface area contributed by atoms with Gasteiger partial charge in [0, 0.05) is 23.2 Å². The molecule has 0 radical (unpaired) electrons. The van der Waals surface area contributed by atoms with Crippen LogP contribution >= 0.6 is 0 Å². The lowest BCUT2D eigenvalue weighted by Crippen LogP contribution is -2.30. The fraction of sp³-hybridized carbons (Fsp3) is 0.150. The van der Waals surface area contributed by atoms with E-state index in [1.54, 1.807) is 17.4 Å². The average Bonchev–Trinajstić information content (AvgIpc) is 3.30. The number of furan rings is 1. The Morgan fingerprint density at radius 3 is 2.75 bits per heavy atom. The standard InChI is InChI=1S/C20H17NO3/c22-20(17-6-7-19-16(12-17)9-11-24-19)21(13-15-8-10-23-14-15)18-4-2-1-3-5-18/h1-8,10,12,14H,9,11,13H2. The van der Waals surface area contributed by atoms with Crippen molar-refractivity contribution in [1.29, 1.82) is 0 Å². The Balaban J connectivity index is 1.68. The first kappa shape index (κ1) is 14.6. The monoisotopic (exact) mass is 319 g/mol. The molecule has 0 aliphatic carbocycles. The zero-order valence-corrected chi connectivity index (χ0v) is 13.1. The molecule has 0 saturated carbocycles. The molecule has 1 amide bonds. The Morgan fingerprint density at radius 1 is 1.08 bits per heavy atom. The number of benzene rings is 2. The van der Waals surface area contributed by atoms with E-state index < -0.39 is 0 Å². The molecule has 1 aromatic heterocycles. The Morgan fingerprint density at radius 2 is 1.96 bits per heavy atom. The van der Waals surface area contributed by atoms with E-state index in [1.165, 1.54) is 0 Å². The summed E-state index contributed by atoms with van der Waals surface area (Å²) in [6.45, 7) is 1.15. The third-order valence-corrected chi connectivity index (χ3v) is 4.17. The molecular weight excluding hydrogens is 302 g/mol. The predicted molar refractivity (Wildman–Crippen MR) is 91.3 cm³/mol. The Hall–Kier alpha value is -3.01. The largest absolute Gasteiger partial charge is 0.493 e. The summed E-state index contributed by atoms with van der Waals surface area (Å²) in [5.41, 5.74) is 3.58. The molecule has 120 valence electrons. The normalized spacial score (nSPS) is 12.5. The Bertz CT molecular complexity index is 841. The number of hydrogen-bond acceptors (Lipinski definition) is 3. The molecule has 2 heterocycles. The molecule has 0 fully saturated rings. The maximum atomic E-state index is 13.1. The van der Waals surface area contributed by atoms with E-state index in [4.69, 9.17) is 9.15 Å². The molecule has 3 aromatic rings. The van der Waals surface area contributed by atoms with Gasteiger partial charge in [0.05, 0.1) is 25.7 Å². The number of amides is 1. The van der Waals surface area contributed by atoms with Crippen LogP contribution in [-0.2, 0) is 13.0 Å². The van der Waals surface area contributed by atoms with Gasteiger partial charge in [-0.15, -0.1) is 0 Å². The van der Waals surface area contributed by atoms with E-state index in [2.05, 4.69) is 0 Å². The fourth-order valence-corrected chi connectivity index (χ4v) is 2.93. The van der Waals surface area contributed by atoms with Crippen LogP contribution in [0.3, 0.4) is 0 Å². The molecule has 4 nitrogen and oxygen atoms in total. The Labute approximate surface area is 140 Å². The number of rotatable bonds is 4. The van der Waals surface area contributed by atoms with Crippen LogP contribution in [0.5, 0.6) is 5.75 Å². The van der Waals surface area contributed by atoms with Crippen molar-refractivity contribution in [2.45, 2.75) is 13.0 Å². The molecule has 1 aliphatic heterocycles. The van der Waals surface area contributed by atoms with Crippen LogP contribution in [-0.4, -0.2) is 12.5 Å². The first-order valence-electron chi connectivity index (χ1n) is 7.95. The molecule has 4 rings (SSSR count). The average molecular weight is 319 g/mol. The SMILES string of the molecule is O=C(c1ccc2c(c1)CCO2)N(Cc1ccoc1)c1ccccc1. The molecule has 0 saturated heterocycles. The van der Waals surface area contributed by atoms with Gasteiger partial charge >= 0.3 is 0 Å². The number of ether oxygens (including phenoxy) is 1. The highest BCUT2D eigenvalue weighted by molar-refractivity contribution is 6.06. The lowest BCUT2D eigenvalue weighted by Gasteiger charge is -2.22. The summed E-state index contributed by atoms with van der Waals surface area (Å²) in [5, 5.41) is 0. The zero-order valence-electron chi connectivity index (χ0n) is 13.1. The molecule has 2 aromatic carbocycles. The van der Waals surface area contributed by atoms with E-state index in [0.717, 1.165) is 29.0 Å². The van der Waals surface area contributed by atoms with Gasteiger partial charge in [-0.3, -0.25) is 4.79 Å². The molecule has 0 atom stereocenters. The highest BCUT2D eigenvalue weighted by atomic mass is 16.5. The lowest BCUT2D eigenvalue weighted by atomic mass is 10.1. The molecule has 4 heteroatoms. The third kappa shape index (κ3) is 2.78. The predicted octanol–water partition coefficient (Wildman–Crippen LogP) is 4.06. The van der Waals surface area contributed by atoms with Gasteiger partial charge in [-0.05, 0) is 42.0 Å². The second-order valence-corrected chi connectivity index (χ2v) is 5.78. The molecule has 0 N–H and O–H groups in total. The number of carbonyl (C=O) groups excluding carboxylic acids is 1. The van der Waals surface area contributed by atoms with E-state index in [9.17, 15) is 4.79 Å². The van der Waals surface area contributed by atoms with Crippen molar-refractivity contribution in [3.8, 4) is 5.75 Å². The number of nitrogens with zero attached hydrogens (tertiary/aromatic N) is 1. The third-order valence-electron chi connectivity index (χ3n) is 4.17. The second-order valence-electron chi connectivity index (χ2n) is 5.78. The maximum absolute atomic E-state index is 13.1. The first-order valence-corrected chi connectivity index (χ1v) is 7.95. The summed E-state index contributed by atoms with van der Waals surface area (Å²) >= 11 is 0. The summed E-state index contributed by atoms with van der Waals surface area (Å²) in [4.78, 5) is 14.9. The molecule has 24 heavy (non-hydrogen) atoms. The van der Waals surface area contributed by atoms with Crippen molar-refractivity contribution in [3.05, 3.63) is 83.8 Å².